The van der Waals surface area contributed by atoms with E-state index in [1.54, 1.807) is 0 Å². The van der Waals surface area contributed by atoms with E-state index < -0.39 is 9.84 Å². The Morgan fingerprint density at radius 2 is 1.82 bits per heavy atom. The van der Waals surface area contributed by atoms with E-state index in [1.165, 1.54) is 0 Å². The molecule has 4 nitrogen and oxygen atoms in total. The Labute approximate surface area is 102 Å². The molecule has 2 N–H and O–H groups in total. The van der Waals surface area contributed by atoms with Gasteiger partial charge in [-0.3, -0.25) is 4.90 Å². The van der Waals surface area contributed by atoms with Crippen LogP contribution >= 0.6 is 0 Å². The van der Waals surface area contributed by atoms with Crippen molar-refractivity contribution in [3.63, 3.8) is 0 Å². The zero-order chi connectivity index (χ0) is 12.5. The Hall–Kier alpha value is -1.07. The summed E-state index contributed by atoms with van der Waals surface area (Å²) in [6.07, 6.45) is 0. The summed E-state index contributed by atoms with van der Waals surface area (Å²) < 4.78 is 22.7. The molecule has 1 aromatic rings. The minimum Gasteiger partial charge on any atom is -0.398 e. The number of nitrogen functional groups attached to an aromatic ring is 1. The molecule has 1 aromatic carbocycles. The third kappa shape index (κ3) is 2.79. The van der Waals surface area contributed by atoms with Crippen LogP contribution in [0.3, 0.4) is 0 Å². The fraction of sp³-hybridized carbons (Fsp3) is 0.500. The Kier molecular flexibility index (Phi) is 3.40. The summed E-state index contributed by atoms with van der Waals surface area (Å²) >= 11 is 0. The number of nitrogens with two attached hydrogens (primary N) is 1. The van der Waals surface area contributed by atoms with Gasteiger partial charge in [0.1, 0.15) is 0 Å². The van der Waals surface area contributed by atoms with Gasteiger partial charge in [0.05, 0.1) is 11.5 Å². The summed E-state index contributed by atoms with van der Waals surface area (Å²) in [5.74, 6) is 0.508. The van der Waals surface area contributed by atoms with E-state index in [1.807, 2.05) is 24.3 Å². The smallest absolute Gasteiger partial charge is 0.152 e. The number of anilines is 1. The first kappa shape index (κ1) is 12.4. The van der Waals surface area contributed by atoms with E-state index in [0.717, 1.165) is 11.3 Å². The summed E-state index contributed by atoms with van der Waals surface area (Å²) in [5.41, 5.74) is 7.78. The van der Waals surface area contributed by atoms with Crippen LogP contribution in [0.5, 0.6) is 0 Å². The van der Waals surface area contributed by atoms with Crippen molar-refractivity contribution < 1.29 is 8.42 Å². The summed E-state index contributed by atoms with van der Waals surface area (Å²) in [5, 5.41) is 0. The average Bonchev–Trinajstić information content (AvgIpc) is 2.29. The third-order valence-electron chi connectivity index (χ3n) is 3.37. The Balaban J connectivity index is 2.12. The highest BCUT2D eigenvalue weighted by atomic mass is 32.2. The molecule has 0 bridgehead atoms. The highest BCUT2D eigenvalue weighted by Gasteiger charge is 2.26. The van der Waals surface area contributed by atoms with Crippen molar-refractivity contribution in [2.24, 2.45) is 0 Å². The maximum Gasteiger partial charge on any atom is 0.152 e. The second-order valence-electron chi connectivity index (χ2n) is 4.49. The van der Waals surface area contributed by atoms with Crippen molar-refractivity contribution in [3.8, 4) is 0 Å². The van der Waals surface area contributed by atoms with Crippen molar-refractivity contribution in [1.29, 1.82) is 0 Å². The van der Waals surface area contributed by atoms with Gasteiger partial charge in [0.15, 0.2) is 9.84 Å². The van der Waals surface area contributed by atoms with Crippen LogP contribution in [0.25, 0.3) is 0 Å². The Morgan fingerprint density at radius 1 is 1.24 bits per heavy atom. The van der Waals surface area contributed by atoms with Gasteiger partial charge < -0.3 is 5.73 Å². The van der Waals surface area contributed by atoms with E-state index in [2.05, 4.69) is 11.8 Å². The molecule has 1 atom stereocenters. The van der Waals surface area contributed by atoms with Crippen LogP contribution < -0.4 is 5.73 Å². The predicted molar refractivity (Wildman–Crippen MR) is 69.5 cm³/mol. The number of sulfone groups is 1. The third-order valence-corrected chi connectivity index (χ3v) is 4.98. The van der Waals surface area contributed by atoms with E-state index >= 15 is 0 Å². The van der Waals surface area contributed by atoms with E-state index in [0.29, 0.717) is 13.1 Å². The second kappa shape index (κ2) is 4.66. The minimum absolute atomic E-state index is 0.173. The molecule has 1 aliphatic rings. The van der Waals surface area contributed by atoms with Crippen LogP contribution in [0.2, 0.25) is 0 Å². The molecular formula is C12H18N2O2S. The van der Waals surface area contributed by atoms with Crippen molar-refractivity contribution in [2.75, 3.05) is 30.3 Å². The molecule has 94 valence electrons. The lowest BCUT2D eigenvalue weighted by Gasteiger charge is -2.32. The van der Waals surface area contributed by atoms with Crippen LogP contribution in [0.4, 0.5) is 5.69 Å². The van der Waals surface area contributed by atoms with Gasteiger partial charge in [-0.2, -0.15) is 0 Å². The van der Waals surface area contributed by atoms with E-state index in [9.17, 15) is 8.42 Å². The molecule has 0 radical (unpaired) electrons. The number of rotatable bonds is 2. The molecule has 17 heavy (non-hydrogen) atoms. The number of nitrogens with zero attached hydrogens (tertiary/aromatic N) is 1. The van der Waals surface area contributed by atoms with Gasteiger partial charge >= 0.3 is 0 Å². The van der Waals surface area contributed by atoms with Crippen molar-refractivity contribution in [3.05, 3.63) is 29.8 Å². The molecule has 1 aliphatic heterocycles. The summed E-state index contributed by atoms with van der Waals surface area (Å²) in [4.78, 5) is 2.17. The first-order valence-corrected chi connectivity index (χ1v) is 7.60. The summed E-state index contributed by atoms with van der Waals surface area (Å²) in [6, 6.07) is 7.93. The number of para-hydroxylation sites is 1. The zero-order valence-electron chi connectivity index (χ0n) is 9.96. The van der Waals surface area contributed by atoms with Gasteiger partial charge in [-0.1, -0.05) is 18.2 Å². The van der Waals surface area contributed by atoms with Crippen LogP contribution in [0.1, 0.15) is 18.5 Å². The molecule has 1 fully saturated rings. The Bertz CT molecular complexity index is 485. The first-order chi connectivity index (χ1) is 7.99. The first-order valence-electron chi connectivity index (χ1n) is 5.78. The number of hydrogen-bond acceptors (Lipinski definition) is 4. The van der Waals surface area contributed by atoms with Crippen molar-refractivity contribution in [1.82, 2.24) is 4.90 Å². The summed E-state index contributed by atoms with van der Waals surface area (Å²) in [7, 11) is -2.81. The molecule has 5 heteroatoms. The average molecular weight is 254 g/mol. The molecule has 0 saturated carbocycles. The van der Waals surface area contributed by atoms with Crippen LogP contribution in [0, 0.1) is 0 Å². The number of hydrogen-bond donors (Lipinski definition) is 1. The van der Waals surface area contributed by atoms with Gasteiger partial charge in [0.25, 0.3) is 0 Å². The Morgan fingerprint density at radius 3 is 2.41 bits per heavy atom. The van der Waals surface area contributed by atoms with Crippen molar-refractivity contribution >= 4 is 15.5 Å². The van der Waals surface area contributed by atoms with Crippen LogP contribution in [-0.2, 0) is 9.84 Å². The quantitative estimate of drug-likeness (QED) is 0.802. The topological polar surface area (TPSA) is 63.4 Å². The predicted octanol–water partition coefficient (Wildman–Crippen LogP) is 1.06. The molecule has 2 rings (SSSR count). The molecule has 0 amide bonds. The maximum atomic E-state index is 11.4. The fourth-order valence-corrected chi connectivity index (χ4v) is 3.43. The van der Waals surface area contributed by atoms with Crippen LogP contribution in [0.15, 0.2) is 24.3 Å². The molecule has 1 saturated heterocycles. The van der Waals surface area contributed by atoms with Crippen molar-refractivity contribution in [2.45, 2.75) is 13.0 Å². The second-order valence-corrected chi connectivity index (χ2v) is 6.80. The minimum atomic E-state index is -2.81. The monoisotopic (exact) mass is 254 g/mol. The lowest BCUT2D eigenvalue weighted by Crippen LogP contribution is -2.41. The highest BCUT2D eigenvalue weighted by Crippen LogP contribution is 2.26. The largest absolute Gasteiger partial charge is 0.398 e. The molecular weight excluding hydrogens is 236 g/mol. The van der Waals surface area contributed by atoms with Gasteiger partial charge in [0, 0.05) is 24.8 Å². The highest BCUT2D eigenvalue weighted by molar-refractivity contribution is 7.91. The maximum absolute atomic E-state index is 11.4. The SMILES string of the molecule is CC(c1ccccc1N)N1CCS(=O)(=O)CC1. The molecule has 0 spiro atoms. The lowest BCUT2D eigenvalue weighted by molar-refractivity contribution is 0.229. The molecule has 1 heterocycles. The normalized spacial score (nSPS) is 22.2. The standard InChI is InChI=1S/C12H18N2O2S/c1-10(11-4-2-3-5-12(11)13)14-6-8-17(15,16)9-7-14/h2-5,10H,6-9,13H2,1H3. The lowest BCUT2D eigenvalue weighted by atomic mass is 10.0. The van der Waals surface area contributed by atoms with E-state index in [-0.39, 0.29) is 17.5 Å². The molecule has 0 aromatic heterocycles. The van der Waals surface area contributed by atoms with Crippen LogP contribution in [-0.4, -0.2) is 37.9 Å². The van der Waals surface area contributed by atoms with Gasteiger partial charge in [-0.15, -0.1) is 0 Å². The zero-order valence-corrected chi connectivity index (χ0v) is 10.8. The fourth-order valence-electron chi connectivity index (χ4n) is 2.20. The number of benzene rings is 1. The van der Waals surface area contributed by atoms with Gasteiger partial charge in [-0.05, 0) is 18.6 Å². The van der Waals surface area contributed by atoms with Gasteiger partial charge in [-0.25, -0.2) is 8.42 Å². The molecule has 1 unspecified atom stereocenters. The molecule has 0 aliphatic carbocycles. The van der Waals surface area contributed by atoms with E-state index in [4.69, 9.17) is 5.73 Å². The van der Waals surface area contributed by atoms with Gasteiger partial charge in [0.2, 0.25) is 0 Å². The summed E-state index contributed by atoms with van der Waals surface area (Å²) in [6.45, 7) is 3.26.